The maximum absolute atomic E-state index is 11.2. The zero-order valence-corrected chi connectivity index (χ0v) is 12.1. The Morgan fingerprint density at radius 2 is 1.86 bits per heavy atom. The van der Waals surface area contributed by atoms with Crippen molar-refractivity contribution in [2.45, 2.75) is 0 Å². The largest absolute Gasteiger partial charge is 0.496 e. The minimum Gasteiger partial charge on any atom is -0.496 e. The van der Waals surface area contributed by atoms with Crippen LogP contribution in [0.1, 0.15) is 9.67 Å². The van der Waals surface area contributed by atoms with Crippen LogP contribution in [-0.2, 0) is 0 Å². The summed E-state index contributed by atoms with van der Waals surface area (Å²) in [6, 6.07) is 13.4. The number of aromatic carboxylic acids is 1. The summed E-state index contributed by atoms with van der Waals surface area (Å²) in [5.41, 5.74) is 1.45. The van der Waals surface area contributed by atoms with Gasteiger partial charge in [0, 0.05) is 16.5 Å². The molecule has 3 aromatic rings. The molecule has 21 heavy (non-hydrogen) atoms. The lowest BCUT2D eigenvalue weighted by Crippen LogP contribution is -1.99. The minimum absolute atomic E-state index is 0.301. The molecule has 0 unspecified atom stereocenters. The second-order valence-corrected chi connectivity index (χ2v) is 5.37. The van der Waals surface area contributed by atoms with E-state index in [0.717, 1.165) is 22.2 Å². The van der Waals surface area contributed by atoms with Crippen LogP contribution in [0.15, 0.2) is 47.8 Å². The second-order valence-electron chi connectivity index (χ2n) is 4.45. The van der Waals surface area contributed by atoms with Crippen LogP contribution in [0, 0.1) is 0 Å². The Morgan fingerprint density at radius 3 is 2.57 bits per heavy atom. The van der Waals surface area contributed by atoms with Crippen molar-refractivity contribution in [2.24, 2.45) is 0 Å². The Morgan fingerprint density at radius 1 is 1.10 bits per heavy atom. The summed E-state index contributed by atoms with van der Waals surface area (Å²) in [6.45, 7) is 0. The predicted molar refractivity (Wildman–Crippen MR) is 85.1 cm³/mol. The van der Waals surface area contributed by atoms with E-state index in [0.29, 0.717) is 10.6 Å². The highest BCUT2D eigenvalue weighted by molar-refractivity contribution is 7.12. The molecule has 0 aliphatic heterocycles. The van der Waals surface area contributed by atoms with E-state index in [1.807, 2.05) is 36.4 Å². The smallest absolute Gasteiger partial charge is 0.348 e. The van der Waals surface area contributed by atoms with Crippen LogP contribution in [0.3, 0.4) is 0 Å². The van der Waals surface area contributed by atoms with Gasteiger partial charge >= 0.3 is 5.97 Å². The Balaban J connectivity index is 2.09. The molecule has 0 fully saturated rings. The van der Waals surface area contributed by atoms with Gasteiger partial charge in [-0.25, -0.2) is 4.79 Å². The van der Waals surface area contributed by atoms with Crippen LogP contribution in [-0.4, -0.2) is 18.2 Å². The number of carboxylic acids is 1. The summed E-state index contributed by atoms with van der Waals surface area (Å²) in [5, 5.41) is 16.1. The van der Waals surface area contributed by atoms with Crippen molar-refractivity contribution < 1.29 is 14.6 Å². The molecule has 0 spiro atoms. The quantitative estimate of drug-likeness (QED) is 0.752. The van der Waals surface area contributed by atoms with Gasteiger partial charge in [0.05, 0.1) is 12.8 Å². The number of nitrogens with one attached hydrogen (secondary N) is 1. The summed E-state index contributed by atoms with van der Waals surface area (Å²) in [5.74, 6) is -0.134. The molecule has 1 aromatic heterocycles. The molecular formula is C16H13NO3S. The highest BCUT2D eigenvalue weighted by Gasteiger charge is 2.13. The Labute approximate surface area is 125 Å². The van der Waals surface area contributed by atoms with Gasteiger partial charge in [-0.1, -0.05) is 24.3 Å². The van der Waals surface area contributed by atoms with Crippen LogP contribution >= 0.6 is 11.3 Å². The zero-order chi connectivity index (χ0) is 14.8. The molecule has 0 saturated heterocycles. The van der Waals surface area contributed by atoms with Crippen molar-refractivity contribution in [3.63, 3.8) is 0 Å². The molecule has 0 radical (unpaired) electrons. The van der Waals surface area contributed by atoms with E-state index in [2.05, 4.69) is 5.32 Å². The van der Waals surface area contributed by atoms with E-state index >= 15 is 0 Å². The Kier molecular flexibility index (Phi) is 3.50. The molecule has 0 saturated carbocycles. The van der Waals surface area contributed by atoms with E-state index in [1.54, 1.807) is 18.6 Å². The summed E-state index contributed by atoms with van der Waals surface area (Å²) >= 11 is 1.20. The number of thiophene rings is 1. The van der Waals surface area contributed by atoms with Gasteiger partial charge in [0.1, 0.15) is 10.6 Å². The van der Waals surface area contributed by atoms with Crippen LogP contribution in [0.25, 0.3) is 10.8 Å². The average Bonchev–Trinajstić information content (AvgIpc) is 2.96. The predicted octanol–water partition coefficient (Wildman–Crippen LogP) is 4.35. The van der Waals surface area contributed by atoms with Gasteiger partial charge in [-0.2, -0.15) is 0 Å². The Bertz CT molecular complexity index is 810. The lowest BCUT2D eigenvalue weighted by atomic mass is 10.1. The number of hydrogen-bond acceptors (Lipinski definition) is 4. The van der Waals surface area contributed by atoms with E-state index in [4.69, 9.17) is 4.74 Å². The fourth-order valence-electron chi connectivity index (χ4n) is 2.28. The fraction of sp³-hybridized carbons (Fsp3) is 0.0625. The van der Waals surface area contributed by atoms with Crippen LogP contribution < -0.4 is 10.1 Å². The van der Waals surface area contributed by atoms with Gasteiger partial charge in [-0.3, -0.25) is 0 Å². The zero-order valence-electron chi connectivity index (χ0n) is 11.3. The molecule has 2 aromatic carbocycles. The molecule has 0 bridgehead atoms. The fourth-order valence-corrected chi connectivity index (χ4v) is 2.96. The molecule has 3 rings (SSSR count). The molecular weight excluding hydrogens is 286 g/mol. The number of carbonyl (C=O) groups is 1. The molecule has 5 heteroatoms. The van der Waals surface area contributed by atoms with Crippen molar-refractivity contribution in [1.82, 2.24) is 0 Å². The molecule has 0 atom stereocenters. The molecule has 106 valence electrons. The third-order valence-electron chi connectivity index (χ3n) is 3.23. The van der Waals surface area contributed by atoms with Crippen molar-refractivity contribution >= 4 is 39.5 Å². The first kappa shape index (κ1) is 13.5. The van der Waals surface area contributed by atoms with E-state index < -0.39 is 5.97 Å². The van der Waals surface area contributed by atoms with E-state index in [-0.39, 0.29) is 0 Å². The van der Waals surface area contributed by atoms with Crippen molar-refractivity contribution in [3.8, 4) is 5.75 Å². The van der Waals surface area contributed by atoms with E-state index in [9.17, 15) is 9.90 Å². The van der Waals surface area contributed by atoms with Crippen LogP contribution in [0.4, 0.5) is 11.4 Å². The second kappa shape index (κ2) is 5.46. The Hall–Kier alpha value is -2.53. The molecule has 0 aliphatic carbocycles. The van der Waals surface area contributed by atoms with Crippen molar-refractivity contribution in [1.29, 1.82) is 0 Å². The molecule has 0 amide bonds. The molecule has 1 heterocycles. The molecule has 0 aliphatic rings. The van der Waals surface area contributed by atoms with Gasteiger partial charge < -0.3 is 15.2 Å². The molecule has 4 nitrogen and oxygen atoms in total. The summed E-state index contributed by atoms with van der Waals surface area (Å²) in [7, 11) is 1.64. The number of rotatable bonds is 4. The first-order valence-electron chi connectivity index (χ1n) is 6.34. The van der Waals surface area contributed by atoms with Gasteiger partial charge in [0.25, 0.3) is 0 Å². The summed E-state index contributed by atoms with van der Waals surface area (Å²) < 4.78 is 5.36. The number of methoxy groups -OCH3 is 1. The number of anilines is 2. The minimum atomic E-state index is -0.926. The average molecular weight is 299 g/mol. The topological polar surface area (TPSA) is 58.6 Å². The first-order chi connectivity index (χ1) is 10.2. The maximum Gasteiger partial charge on any atom is 0.348 e. The molecule has 2 N–H and O–H groups in total. The lowest BCUT2D eigenvalue weighted by Gasteiger charge is -2.12. The van der Waals surface area contributed by atoms with E-state index in [1.165, 1.54) is 11.3 Å². The van der Waals surface area contributed by atoms with Gasteiger partial charge in [0.2, 0.25) is 0 Å². The number of carboxylic acid groups (broad SMARTS) is 1. The van der Waals surface area contributed by atoms with Crippen molar-refractivity contribution in [3.05, 3.63) is 52.7 Å². The highest BCUT2D eigenvalue weighted by atomic mass is 32.1. The van der Waals surface area contributed by atoms with Crippen LogP contribution in [0.2, 0.25) is 0 Å². The summed E-state index contributed by atoms with van der Waals surface area (Å²) in [4.78, 5) is 11.5. The number of fused-ring (bicyclic) bond motifs is 1. The van der Waals surface area contributed by atoms with Gasteiger partial charge in [-0.15, -0.1) is 11.3 Å². The number of benzene rings is 2. The normalized spacial score (nSPS) is 10.5. The number of hydrogen-bond donors (Lipinski definition) is 2. The highest BCUT2D eigenvalue weighted by Crippen LogP contribution is 2.34. The lowest BCUT2D eigenvalue weighted by molar-refractivity contribution is 0.0703. The van der Waals surface area contributed by atoms with Gasteiger partial charge in [-0.05, 0) is 23.6 Å². The third kappa shape index (κ3) is 2.43. The number of ether oxygens (including phenoxy) is 1. The SMILES string of the molecule is COc1ccc(Nc2ccsc2C(=O)O)c2ccccc12. The van der Waals surface area contributed by atoms with Gasteiger partial charge in [0.15, 0.2) is 0 Å². The first-order valence-corrected chi connectivity index (χ1v) is 7.22. The third-order valence-corrected chi connectivity index (χ3v) is 4.14. The monoisotopic (exact) mass is 299 g/mol. The maximum atomic E-state index is 11.2. The van der Waals surface area contributed by atoms with Crippen molar-refractivity contribution in [2.75, 3.05) is 12.4 Å². The summed E-state index contributed by atoms with van der Waals surface area (Å²) in [6.07, 6.45) is 0. The van der Waals surface area contributed by atoms with Crippen LogP contribution in [0.5, 0.6) is 5.75 Å². The standard InChI is InChI=1S/C16H13NO3S/c1-20-14-7-6-12(10-4-2-3-5-11(10)14)17-13-8-9-21-15(13)16(18)19/h2-9,17H,1H3,(H,18,19).